The summed E-state index contributed by atoms with van der Waals surface area (Å²) in [5.41, 5.74) is 3.51. The van der Waals surface area contributed by atoms with E-state index in [1.165, 1.54) is 0 Å². The van der Waals surface area contributed by atoms with Gasteiger partial charge in [-0.15, -0.1) is 11.3 Å². The number of thiazole rings is 1. The molecule has 5 heteroatoms. The number of carbonyl (C=O) groups excluding carboxylic acids is 1. The van der Waals surface area contributed by atoms with E-state index in [0.717, 1.165) is 16.0 Å². The quantitative estimate of drug-likeness (QED) is 0.934. The zero-order valence-electron chi connectivity index (χ0n) is 11.8. The molecule has 0 saturated heterocycles. The summed E-state index contributed by atoms with van der Waals surface area (Å²) in [5, 5.41) is 2.74. The van der Waals surface area contributed by atoms with Crippen LogP contribution in [0.3, 0.4) is 0 Å². The number of benzene rings is 1. The standard InChI is InChI=1S/C15H18N2O2S/c1-15(2,3)19-14(18)17-8-11-4-6-12(7-5-11)13-9-16-10-20-13/h4-7,9-10H,8H2,1-3H3,(H,17,18). The van der Waals surface area contributed by atoms with Crippen LogP contribution in [0.4, 0.5) is 4.79 Å². The zero-order valence-corrected chi connectivity index (χ0v) is 12.7. The van der Waals surface area contributed by atoms with Gasteiger partial charge in [0.05, 0.1) is 10.4 Å². The maximum atomic E-state index is 11.5. The molecule has 2 rings (SSSR count). The number of aromatic nitrogens is 1. The maximum Gasteiger partial charge on any atom is 0.407 e. The number of carbonyl (C=O) groups is 1. The Hall–Kier alpha value is -1.88. The van der Waals surface area contributed by atoms with Gasteiger partial charge in [-0.1, -0.05) is 24.3 Å². The molecule has 0 bridgehead atoms. The molecule has 0 saturated carbocycles. The molecular formula is C15H18N2O2S. The van der Waals surface area contributed by atoms with Gasteiger partial charge >= 0.3 is 6.09 Å². The first-order chi connectivity index (χ1) is 9.44. The maximum absolute atomic E-state index is 11.5. The average molecular weight is 290 g/mol. The van der Waals surface area contributed by atoms with Gasteiger partial charge < -0.3 is 10.1 Å². The first-order valence-electron chi connectivity index (χ1n) is 6.39. The number of hydrogen-bond donors (Lipinski definition) is 1. The van der Waals surface area contributed by atoms with E-state index in [0.29, 0.717) is 6.54 Å². The average Bonchev–Trinajstić information content (AvgIpc) is 2.89. The summed E-state index contributed by atoms with van der Waals surface area (Å²) in [5.74, 6) is 0. The van der Waals surface area contributed by atoms with Gasteiger partial charge in [0.2, 0.25) is 0 Å². The normalized spacial score (nSPS) is 11.2. The van der Waals surface area contributed by atoms with E-state index in [9.17, 15) is 4.79 Å². The van der Waals surface area contributed by atoms with Crippen LogP contribution in [0.15, 0.2) is 36.0 Å². The lowest BCUT2D eigenvalue weighted by molar-refractivity contribution is 0.0523. The summed E-state index contributed by atoms with van der Waals surface area (Å²) < 4.78 is 5.19. The minimum absolute atomic E-state index is 0.399. The molecule has 1 amide bonds. The molecular weight excluding hydrogens is 272 g/mol. The van der Waals surface area contributed by atoms with Crippen molar-refractivity contribution < 1.29 is 9.53 Å². The van der Waals surface area contributed by atoms with Crippen molar-refractivity contribution in [2.45, 2.75) is 32.9 Å². The van der Waals surface area contributed by atoms with Crippen LogP contribution in [0.2, 0.25) is 0 Å². The molecule has 106 valence electrons. The molecule has 1 N–H and O–H groups in total. The smallest absolute Gasteiger partial charge is 0.407 e. The monoisotopic (exact) mass is 290 g/mol. The second-order valence-corrected chi connectivity index (χ2v) is 6.30. The molecule has 0 aliphatic heterocycles. The largest absolute Gasteiger partial charge is 0.444 e. The summed E-state index contributed by atoms with van der Waals surface area (Å²) in [4.78, 5) is 16.7. The van der Waals surface area contributed by atoms with Gasteiger partial charge in [0, 0.05) is 12.7 Å². The Kier molecular flexibility index (Phi) is 4.39. The van der Waals surface area contributed by atoms with Crippen LogP contribution < -0.4 is 5.32 Å². The lowest BCUT2D eigenvalue weighted by atomic mass is 10.1. The first-order valence-corrected chi connectivity index (χ1v) is 7.27. The zero-order chi connectivity index (χ0) is 14.6. The van der Waals surface area contributed by atoms with Crippen LogP contribution in [0, 0.1) is 0 Å². The van der Waals surface area contributed by atoms with Crippen molar-refractivity contribution in [3.8, 4) is 10.4 Å². The number of nitrogens with zero attached hydrogens (tertiary/aromatic N) is 1. The molecule has 2 aromatic rings. The van der Waals surface area contributed by atoms with Crippen molar-refractivity contribution >= 4 is 17.4 Å². The molecule has 1 aromatic carbocycles. The molecule has 0 aliphatic carbocycles. The summed E-state index contributed by atoms with van der Waals surface area (Å²) in [6.45, 7) is 5.99. The van der Waals surface area contributed by atoms with Crippen LogP contribution in [0.1, 0.15) is 26.3 Å². The van der Waals surface area contributed by atoms with Crippen molar-refractivity contribution in [2.75, 3.05) is 0 Å². The molecule has 0 spiro atoms. The predicted molar refractivity (Wildman–Crippen MR) is 80.6 cm³/mol. The van der Waals surface area contributed by atoms with Gasteiger partial charge in [-0.2, -0.15) is 0 Å². The van der Waals surface area contributed by atoms with Gasteiger partial charge in [-0.3, -0.25) is 4.98 Å². The number of alkyl carbamates (subject to hydrolysis) is 1. The summed E-state index contributed by atoms with van der Waals surface area (Å²) >= 11 is 1.61. The molecule has 0 fully saturated rings. The fourth-order valence-corrected chi connectivity index (χ4v) is 2.26. The van der Waals surface area contributed by atoms with Crippen molar-refractivity contribution in [1.82, 2.24) is 10.3 Å². The Morgan fingerprint density at radius 2 is 2.00 bits per heavy atom. The Balaban J connectivity index is 1.90. The molecule has 4 nitrogen and oxygen atoms in total. The van der Waals surface area contributed by atoms with Crippen molar-refractivity contribution in [1.29, 1.82) is 0 Å². The second kappa shape index (κ2) is 6.05. The molecule has 0 unspecified atom stereocenters. The van der Waals surface area contributed by atoms with Gasteiger partial charge in [0.15, 0.2) is 0 Å². The van der Waals surface area contributed by atoms with Crippen LogP contribution in [0.5, 0.6) is 0 Å². The Bertz CT molecular complexity index is 557. The minimum atomic E-state index is -0.472. The SMILES string of the molecule is CC(C)(C)OC(=O)NCc1ccc(-c2cncs2)cc1. The highest BCUT2D eigenvalue weighted by molar-refractivity contribution is 7.13. The highest BCUT2D eigenvalue weighted by atomic mass is 32.1. The summed E-state index contributed by atoms with van der Waals surface area (Å²) in [6, 6.07) is 8.04. The molecule has 0 atom stereocenters. The highest BCUT2D eigenvalue weighted by Gasteiger charge is 2.15. The topological polar surface area (TPSA) is 51.2 Å². The Labute approximate surface area is 122 Å². The van der Waals surface area contributed by atoms with E-state index in [2.05, 4.69) is 10.3 Å². The van der Waals surface area contributed by atoms with Gasteiger partial charge in [-0.25, -0.2) is 4.79 Å². The highest BCUT2D eigenvalue weighted by Crippen LogP contribution is 2.23. The van der Waals surface area contributed by atoms with E-state index in [-0.39, 0.29) is 0 Å². The van der Waals surface area contributed by atoms with Gasteiger partial charge in [0.25, 0.3) is 0 Å². The van der Waals surface area contributed by atoms with Gasteiger partial charge in [0.1, 0.15) is 5.60 Å². The minimum Gasteiger partial charge on any atom is -0.444 e. The number of nitrogens with one attached hydrogen (secondary N) is 1. The third-order valence-corrected chi connectivity index (χ3v) is 3.33. The summed E-state index contributed by atoms with van der Waals surface area (Å²) in [6.07, 6.45) is 1.45. The van der Waals surface area contributed by atoms with E-state index >= 15 is 0 Å². The third kappa shape index (κ3) is 4.35. The third-order valence-electron chi connectivity index (χ3n) is 2.51. The Morgan fingerprint density at radius 3 is 2.55 bits per heavy atom. The number of ether oxygens (including phenoxy) is 1. The molecule has 20 heavy (non-hydrogen) atoms. The molecule has 0 aliphatic rings. The van der Waals surface area contributed by atoms with Crippen molar-refractivity contribution in [3.05, 3.63) is 41.5 Å². The van der Waals surface area contributed by atoms with E-state index in [1.807, 2.05) is 56.7 Å². The van der Waals surface area contributed by atoms with Crippen LogP contribution >= 0.6 is 11.3 Å². The Morgan fingerprint density at radius 1 is 1.30 bits per heavy atom. The summed E-state index contributed by atoms with van der Waals surface area (Å²) in [7, 11) is 0. The van der Waals surface area contributed by atoms with Crippen LogP contribution in [-0.4, -0.2) is 16.7 Å². The van der Waals surface area contributed by atoms with Gasteiger partial charge in [-0.05, 0) is 31.9 Å². The predicted octanol–water partition coefficient (Wildman–Crippen LogP) is 3.83. The first kappa shape index (κ1) is 14.5. The van der Waals surface area contributed by atoms with E-state index in [1.54, 1.807) is 11.3 Å². The van der Waals surface area contributed by atoms with Crippen molar-refractivity contribution in [3.63, 3.8) is 0 Å². The van der Waals surface area contributed by atoms with Crippen LogP contribution in [0.25, 0.3) is 10.4 Å². The number of amides is 1. The van der Waals surface area contributed by atoms with E-state index < -0.39 is 11.7 Å². The molecule has 1 aromatic heterocycles. The molecule has 0 radical (unpaired) electrons. The number of hydrogen-bond acceptors (Lipinski definition) is 4. The second-order valence-electron chi connectivity index (χ2n) is 5.42. The lowest BCUT2D eigenvalue weighted by Crippen LogP contribution is -2.32. The number of rotatable bonds is 3. The molecule has 1 heterocycles. The fraction of sp³-hybridized carbons (Fsp3) is 0.333. The van der Waals surface area contributed by atoms with E-state index in [4.69, 9.17) is 4.74 Å². The van der Waals surface area contributed by atoms with Crippen LogP contribution in [-0.2, 0) is 11.3 Å². The van der Waals surface area contributed by atoms with Crippen molar-refractivity contribution in [2.24, 2.45) is 0 Å². The lowest BCUT2D eigenvalue weighted by Gasteiger charge is -2.19. The fourth-order valence-electron chi connectivity index (χ4n) is 1.63.